The average molecular weight is 330 g/mol. The summed E-state index contributed by atoms with van der Waals surface area (Å²) in [6.45, 7) is 3.86. The maximum atomic E-state index is 12.5. The Hall–Kier alpha value is -2.34. The Kier molecular flexibility index (Phi) is 4.34. The third kappa shape index (κ3) is 3.22. The van der Waals surface area contributed by atoms with Crippen molar-refractivity contribution in [3.63, 3.8) is 0 Å². The molecule has 2 heterocycles. The molecule has 1 N–H and O–H groups in total. The molecule has 1 aromatic carbocycles. The number of amides is 1. The van der Waals surface area contributed by atoms with Gasteiger partial charge < -0.3 is 14.5 Å². The van der Waals surface area contributed by atoms with Crippen molar-refractivity contribution in [3.8, 4) is 5.75 Å². The molecule has 0 unspecified atom stereocenters. The first kappa shape index (κ1) is 15.6. The second kappa shape index (κ2) is 6.42. The zero-order chi connectivity index (χ0) is 16.4. The Bertz CT molecular complexity index is 824. The maximum Gasteiger partial charge on any atom is 0.287 e. The van der Waals surface area contributed by atoms with E-state index in [9.17, 15) is 4.79 Å². The quantitative estimate of drug-likeness (QED) is 0.777. The highest BCUT2D eigenvalue weighted by Crippen LogP contribution is 2.28. The summed E-state index contributed by atoms with van der Waals surface area (Å²) in [5.41, 5.74) is 3.29. The largest absolute Gasteiger partial charge is 0.497 e. The van der Waals surface area contributed by atoms with Crippen molar-refractivity contribution >= 4 is 28.2 Å². The molecule has 0 saturated heterocycles. The van der Waals surface area contributed by atoms with Gasteiger partial charge in [0.1, 0.15) is 11.3 Å². The van der Waals surface area contributed by atoms with E-state index in [2.05, 4.69) is 10.3 Å². The van der Waals surface area contributed by atoms with Gasteiger partial charge in [-0.3, -0.25) is 9.78 Å². The summed E-state index contributed by atoms with van der Waals surface area (Å²) in [5.74, 6) is 0.857. The van der Waals surface area contributed by atoms with Crippen LogP contribution >= 0.6 is 11.3 Å². The van der Waals surface area contributed by atoms with Crippen molar-refractivity contribution in [3.05, 3.63) is 46.1 Å². The summed E-state index contributed by atoms with van der Waals surface area (Å²) in [6.07, 6.45) is 2.58. The number of carbonyl (C=O) groups excluding carboxylic acids is 1. The number of ether oxygens (including phenoxy) is 1. The first-order valence-corrected chi connectivity index (χ1v) is 8.22. The Labute approximate surface area is 138 Å². The van der Waals surface area contributed by atoms with E-state index >= 15 is 0 Å². The molecule has 3 rings (SSSR count). The van der Waals surface area contributed by atoms with Gasteiger partial charge in [0.15, 0.2) is 5.76 Å². The zero-order valence-electron chi connectivity index (χ0n) is 13.3. The molecule has 2 aromatic heterocycles. The number of fused-ring (bicyclic) bond motifs is 1. The molecule has 5 nitrogen and oxygen atoms in total. The first-order chi connectivity index (χ1) is 11.1. The zero-order valence-corrected chi connectivity index (χ0v) is 14.1. The number of aryl methyl sites for hydroxylation is 1. The van der Waals surface area contributed by atoms with Gasteiger partial charge in [0.25, 0.3) is 5.91 Å². The van der Waals surface area contributed by atoms with Crippen LogP contribution < -0.4 is 10.1 Å². The van der Waals surface area contributed by atoms with Crippen LogP contribution in [0.2, 0.25) is 0 Å². The predicted octanol–water partition coefficient (Wildman–Crippen LogP) is 3.57. The van der Waals surface area contributed by atoms with Gasteiger partial charge in [-0.05, 0) is 26.0 Å². The predicted molar refractivity (Wildman–Crippen MR) is 90.2 cm³/mol. The molecule has 0 aliphatic heterocycles. The summed E-state index contributed by atoms with van der Waals surface area (Å²) in [6, 6.07) is 5.56. The highest BCUT2D eigenvalue weighted by atomic mass is 32.1. The van der Waals surface area contributed by atoms with Crippen LogP contribution in [-0.2, 0) is 6.42 Å². The fourth-order valence-electron chi connectivity index (χ4n) is 2.53. The maximum absolute atomic E-state index is 12.5. The molecule has 0 spiro atoms. The van der Waals surface area contributed by atoms with Crippen LogP contribution in [0.1, 0.15) is 27.9 Å². The smallest absolute Gasteiger partial charge is 0.287 e. The minimum atomic E-state index is -0.199. The molecule has 120 valence electrons. The number of nitrogens with one attached hydrogen (secondary N) is 1. The molecular formula is C17H18N2O3S. The van der Waals surface area contributed by atoms with Crippen molar-refractivity contribution in [2.75, 3.05) is 7.11 Å². The standard InChI is InChI=1S/C17H18N2O3S/c1-10(6-13-8-18-9-23-13)19-17(20)16-11(2)14-5-4-12(21-3)7-15(14)22-16/h4-5,7-10H,6H2,1-3H3,(H,19,20)/t10-/m1/s1. The summed E-state index contributed by atoms with van der Waals surface area (Å²) in [5, 5.41) is 3.90. The van der Waals surface area contributed by atoms with E-state index in [1.165, 1.54) is 0 Å². The lowest BCUT2D eigenvalue weighted by Crippen LogP contribution is -2.34. The molecule has 1 amide bonds. The van der Waals surface area contributed by atoms with Crippen LogP contribution in [0, 0.1) is 6.92 Å². The number of carbonyl (C=O) groups is 1. The van der Waals surface area contributed by atoms with Crippen molar-refractivity contribution in [2.24, 2.45) is 0 Å². The van der Waals surface area contributed by atoms with Crippen molar-refractivity contribution in [1.29, 1.82) is 0 Å². The number of methoxy groups -OCH3 is 1. The van der Waals surface area contributed by atoms with E-state index in [1.54, 1.807) is 30.0 Å². The minimum Gasteiger partial charge on any atom is -0.497 e. The summed E-state index contributed by atoms with van der Waals surface area (Å²) in [7, 11) is 1.60. The molecular weight excluding hydrogens is 312 g/mol. The van der Waals surface area contributed by atoms with Gasteiger partial charge in [0.2, 0.25) is 0 Å². The molecule has 23 heavy (non-hydrogen) atoms. The normalized spacial score (nSPS) is 12.3. The van der Waals surface area contributed by atoms with Crippen molar-refractivity contribution in [1.82, 2.24) is 10.3 Å². The molecule has 0 aliphatic carbocycles. The summed E-state index contributed by atoms with van der Waals surface area (Å²) >= 11 is 1.59. The number of thiazole rings is 1. The third-order valence-electron chi connectivity index (χ3n) is 3.72. The monoisotopic (exact) mass is 330 g/mol. The van der Waals surface area contributed by atoms with Crippen LogP contribution in [0.15, 0.2) is 34.3 Å². The molecule has 0 radical (unpaired) electrons. The minimum absolute atomic E-state index is 0.00472. The Balaban J connectivity index is 1.79. The lowest BCUT2D eigenvalue weighted by Gasteiger charge is -2.11. The molecule has 3 aromatic rings. The van der Waals surface area contributed by atoms with Gasteiger partial charge in [0, 0.05) is 40.6 Å². The number of aromatic nitrogens is 1. The van der Waals surface area contributed by atoms with Gasteiger partial charge in [-0.15, -0.1) is 11.3 Å². The Morgan fingerprint density at radius 2 is 2.30 bits per heavy atom. The van der Waals surface area contributed by atoms with Crippen LogP contribution in [-0.4, -0.2) is 24.0 Å². The molecule has 0 bridgehead atoms. The fourth-order valence-corrected chi connectivity index (χ4v) is 3.26. The summed E-state index contributed by atoms with van der Waals surface area (Å²) < 4.78 is 10.9. The highest BCUT2D eigenvalue weighted by Gasteiger charge is 2.19. The third-order valence-corrected chi connectivity index (χ3v) is 4.52. The van der Waals surface area contributed by atoms with Crippen LogP contribution in [0.3, 0.4) is 0 Å². The SMILES string of the molecule is COc1ccc2c(C)c(C(=O)N[C@H](C)Cc3cncs3)oc2c1. The van der Waals surface area contributed by atoms with Crippen LogP contribution in [0.25, 0.3) is 11.0 Å². The molecule has 0 fully saturated rings. The lowest BCUT2D eigenvalue weighted by atomic mass is 10.1. The van der Waals surface area contributed by atoms with E-state index in [0.29, 0.717) is 17.1 Å². The van der Waals surface area contributed by atoms with Gasteiger partial charge in [-0.25, -0.2) is 0 Å². The van der Waals surface area contributed by atoms with E-state index in [0.717, 1.165) is 22.2 Å². The van der Waals surface area contributed by atoms with Gasteiger partial charge in [-0.1, -0.05) is 0 Å². The van der Waals surface area contributed by atoms with Crippen molar-refractivity contribution in [2.45, 2.75) is 26.3 Å². The number of hydrogen-bond acceptors (Lipinski definition) is 5. The van der Waals surface area contributed by atoms with Gasteiger partial charge >= 0.3 is 0 Å². The van der Waals surface area contributed by atoms with Gasteiger partial charge in [-0.2, -0.15) is 0 Å². The average Bonchev–Trinajstić information content (AvgIpc) is 3.15. The van der Waals surface area contributed by atoms with E-state index in [-0.39, 0.29) is 11.9 Å². The van der Waals surface area contributed by atoms with Gasteiger partial charge in [0.05, 0.1) is 12.6 Å². The first-order valence-electron chi connectivity index (χ1n) is 7.34. The molecule has 1 atom stereocenters. The second-order valence-electron chi connectivity index (χ2n) is 5.46. The number of furan rings is 1. The molecule has 6 heteroatoms. The topological polar surface area (TPSA) is 64.4 Å². The number of nitrogens with zero attached hydrogens (tertiary/aromatic N) is 1. The van der Waals surface area contributed by atoms with E-state index in [1.807, 2.05) is 32.2 Å². The summed E-state index contributed by atoms with van der Waals surface area (Å²) in [4.78, 5) is 17.7. The van der Waals surface area contributed by atoms with Crippen LogP contribution in [0.5, 0.6) is 5.75 Å². The highest BCUT2D eigenvalue weighted by molar-refractivity contribution is 7.09. The van der Waals surface area contributed by atoms with E-state index in [4.69, 9.17) is 9.15 Å². The number of benzene rings is 1. The van der Waals surface area contributed by atoms with E-state index < -0.39 is 0 Å². The molecule has 0 aliphatic rings. The van der Waals surface area contributed by atoms with Crippen molar-refractivity contribution < 1.29 is 13.9 Å². The second-order valence-corrected chi connectivity index (χ2v) is 6.44. The molecule has 0 saturated carbocycles. The Morgan fingerprint density at radius 3 is 3.00 bits per heavy atom. The van der Waals surface area contributed by atoms with Crippen LogP contribution in [0.4, 0.5) is 0 Å². The fraction of sp³-hybridized carbons (Fsp3) is 0.294. The number of hydrogen-bond donors (Lipinski definition) is 1. The number of rotatable bonds is 5. The Morgan fingerprint density at radius 1 is 1.48 bits per heavy atom. The lowest BCUT2D eigenvalue weighted by molar-refractivity contribution is 0.0913.